The molecule has 0 spiro atoms. The van der Waals surface area contributed by atoms with Crippen molar-refractivity contribution in [3.63, 3.8) is 0 Å². The number of benzene rings is 1. The predicted octanol–water partition coefficient (Wildman–Crippen LogP) is 4.46. The van der Waals surface area contributed by atoms with Gasteiger partial charge in [0.05, 0.1) is 11.4 Å². The molecule has 7 heteroatoms. The first-order chi connectivity index (χ1) is 14.2. The van der Waals surface area contributed by atoms with Gasteiger partial charge in [-0.25, -0.2) is 19.4 Å². The van der Waals surface area contributed by atoms with Gasteiger partial charge in [-0.2, -0.15) is 0 Å². The highest BCUT2D eigenvalue weighted by atomic mass is 17.2. The lowest BCUT2D eigenvalue weighted by Crippen LogP contribution is -2.33. The van der Waals surface area contributed by atoms with Crippen molar-refractivity contribution >= 4 is 17.7 Å². The molecular weight excluding hydrogens is 382 g/mol. The van der Waals surface area contributed by atoms with Crippen LogP contribution in [0.3, 0.4) is 0 Å². The van der Waals surface area contributed by atoms with Crippen LogP contribution < -0.4 is 10.6 Å². The number of anilines is 1. The van der Waals surface area contributed by atoms with Gasteiger partial charge in [0.25, 0.3) is 0 Å². The maximum Gasteiger partial charge on any atom is 0.457 e. The van der Waals surface area contributed by atoms with Gasteiger partial charge in [-0.05, 0) is 44.2 Å². The highest BCUT2D eigenvalue weighted by molar-refractivity contribution is 5.96. The van der Waals surface area contributed by atoms with E-state index in [1.54, 1.807) is 0 Å². The zero-order valence-electron chi connectivity index (χ0n) is 18.6. The highest BCUT2D eigenvalue weighted by Gasteiger charge is 2.27. The van der Waals surface area contributed by atoms with E-state index >= 15 is 0 Å². The number of carbonyl (C=O) groups excluding carboxylic acids is 2. The number of pyridine rings is 1. The number of rotatable bonds is 6. The summed E-state index contributed by atoms with van der Waals surface area (Å²) in [5.74, 6) is -0.307. The molecule has 0 fully saturated rings. The molecule has 0 saturated heterocycles. The summed E-state index contributed by atoms with van der Waals surface area (Å²) in [5, 5.41) is 0. The summed E-state index contributed by atoms with van der Waals surface area (Å²) >= 11 is 0. The van der Waals surface area contributed by atoms with Gasteiger partial charge in [-0.1, -0.05) is 43.7 Å². The van der Waals surface area contributed by atoms with Crippen LogP contribution in [0.2, 0.25) is 0 Å². The standard InChI is InChI=1S/C23H31N3O4/c1-7-26(23(28)30-29-17(6)27)22-16(5)25-20(12-14(2)3)19(13-24)21(22)18-10-8-15(4)9-11-18/h8-11,14H,7,12-13,24H2,1-6H3. The third kappa shape index (κ3) is 5.36. The Morgan fingerprint density at radius 1 is 1.13 bits per heavy atom. The molecule has 2 N–H and O–H groups in total. The van der Waals surface area contributed by atoms with Crippen LogP contribution >= 0.6 is 0 Å². The van der Waals surface area contributed by atoms with E-state index in [9.17, 15) is 9.59 Å². The fraction of sp³-hybridized carbons (Fsp3) is 0.435. The van der Waals surface area contributed by atoms with Crippen LogP contribution in [0.5, 0.6) is 0 Å². The summed E-state index contributed by atoms with van der Waals surface area (Å²) in [7, 11) is 0. The summed E-state index contributed by atoms with van der Waals surface area (Å²) in [6.07, 6.45) is -0.0122. The van der Waals surface area contributed by atoms with Crippen LogP contribution in [-0.4, -0.2) is 23.6 Å². The van der Waals surface area contributed by atoms with Gasteiger partial charge in [-0.3, -0.25) is 9.88 Å². The first kappa shape index (κ1) is 23.3. The third-order valence-corrected chi connectivity index (χ3v) is 4.72. The van der Waals surface area contributed by atoms with Gasteiger partial charge in [0, 0.05) is 31.3 Å². The average Bonchev–Trinajstić information content (AvgIpc) is 2.68. The maximum atomic E-state index is 12.7. The van der Waals surface area contributed by atoms with Gasteiger partial charge in [0.15, 0.2) is 0 Å². The summed E-state index contributed by atoms with van der Waals surface area (Å²) in [6, 6.07) is 8.06. The van der Waals surface area contributed by atoms with E-state index in [1.165, 1.54) is 11.8 Å². The van der Waals surface area contributed by atoms with Crippen molar-refractivity contribution in [1.82, 2.24) is 4.98 Å². The van der Waals surface area contributed by atoms with Crippen LogP contribution in [0.15, 0.2) is 24.3 Å². The Morgan fingerprint density at radius 3 is 2.27 bits per heavy atom. The van der Waals surface area contributed by atoms with Gasteiger partial charge >= 0.3 is 12.1 Å². The number of aryl methyl sites for hydroxylation is 2. The van der Waals surface area contributed by atoms with Crippen LogP contribution in [-0.2, 0) is 27.5 Å². The molecule has 30 heavy (non-hydrogen) atoms. The number of aromatic nitrogens is 1. The van der Waals surface area contributed by atoms with E-state index in [0.29, 0.717) is 23.8 Å². The first-order valence-corrected chi connectivity index (χ1v) is 10.2. The fourth-order valence-electron chi connectivity index (χ4n) is 3.45. The minimum Gasteiger partial charge on any atom is -0.326 e. The molecule has 2 rings (SSSR count). The van der Waals surface area contributed by atoms with E-state index in [-0.39, 0.29) is 6.54 Å². The lowest BCUT2D eigenvalue weighted by atomic mass is 9.92. The monoisotopic (exact) mass is 413 g/mol. The minimum absolute atomic E-state index is 0.280. The van der Waals surface area contributed by atoms with Crippen molar-refractivity contribution in [2.75, 3.05) is 11.4 Å². The van der Waals surface area contributed by atoms with Crippen LogP contribution in [0.25, 0.3) is 11.1 Å². The van der Waals surface area contributed by atoms with Crippen molar-refractivity contribution < 1.29 is 19.4 Å². The van der Waals surface area contributed by atoms with Gasteiger partial charge in [0.2, 0.25) is 0 Å². The molecule has 0 atom stereocenters. The number of amides is 1. The summed E-state index contributed by atoms with van der Waals surface area (Å²) in [6.45, 7) is 11.7. The molecule has 2 aromatic rings. The Bertz CT molecular complexity index is 908. The van der Waals surface area contributed by atoms with Crippen molar-refractivity contribution in [1.29, 1.82) is 0 Å². The Labute approximate surface area is 178 Å². The average molecular weight is 414 g/mol. The molecule has 0 aliphatic carbocycles. The second-order valence-corrected chi connectivity index (χ2v) is 7.68. The van der Waals surface area contributed by atoms with E-state index in [4.69, 9.17) is 15.6 Å². The zero-order valence-corrected chi connectivity index (χ0v) is 18.6. The lowest BCUT2D eigenvalue weighted by Gasteiger charge is -2.27. The van der Waals surface area contributed by atoms with Crippen LogP contribution in [0.4, 0.5) is 10.5 Å². The summed E-state index contributed by atoms with van der Waals surface area (Å²) in [5.41, 5.74) is 12.2. The number of hydrogen-bond donors (Lipinski definition) is 1. The molecule has 0 bridgehead atoms. The zero-order chi connectivity index (χ0) is 22.4. The van der Waals surface area contributed by atoms with Crippen molar-refractivity contribution in [3.05, 3.63) is 46.8 Å². The molecule has 0 aliphatic heterocycles. The Morgan fingerprint density at radius 2 is 1.77 bits per heavy atom. The van der Waals surface area contributed by atoms with Crippen LogP contribution in [0.1, 0.15) is 50.2 Å². The Hall–Kier alpha value is -2.93. The number of nitrogens with zero attached hydrogens (tertiary/aromatic N) is 2. The van der Waals surface area contributed by atoms with Gasteiger partial charge in [-0.15, -0.1) is 0 Å². The van der Waals surface area contributed by atoms with Crippen molar-refractivity contribution in [2.24, 2.45) is 11.7 Å². The molecule has 0 unspecified atom stereocenters. The molecule has 162 valence electrons. The second-order valence-electron chi connectivity index (χ2n) is 7.68. The van der Waals surface area contributed by atoms with Crippen LogP contribution in [0, 0.1) is 19.8 Å². The fourth-order valence-corrected chi connectivity index (χ4v) is 3.45. The molecule has 1 aromatic heterocycles. The number of nitrogens with two attached hydrogens (primary N) is 1. The predicted molar refractivity (Wildman–Crippen MR) is 117 cm³/mol. The molecule has 7 nitrogen and oxygen atoms in total. The number of hydrogen-bond acceptors (Lipinski definition) is 6. The molecule has 0 radical (unpaired) electrons. The topological polar surface area (TPSA) is 94.8 Å². The Balaban J connectivity index is 2.75. The lowest BCUT2D eigenvalue weighted by molar-refractivity contribution is -0.228. The van der Waals surface area contributed by atoms with Crippen molar-refractivity contribution in [2.45, 2.75) is 54.5 Å². The molecular formula is C23H31N3O4. The van der Waals surface area contributed by atoms with E-state index in [2.05, 4.69) is 18.7 Å². The summed E-state index contributed by atoms with van der Waals surface area (Å²) in [4.78, 5) is 39.2. The Kier molecular flexibility index (Phi) is 7.94. The molecule has 1 amide bonds. The SMILES string of the molecule is CCN(C(=O)OOC(C)=O)c1c(C)nc(CC(C)C)c(CN)c1-c1ccc(C)cc1. The minimum atomic E-state index is -0.787. The van der Waals surface area contributed by atoms with E-state index in [0.717, 1.165) is 34.4 Å². The molecule has 0 saturated carbocycles. The van der Waals surface area contributed by atoms with E-state index in [1.807, 2.05) is 45.0 Å². The smallest absolute Gasteiger partial charge is 0.326 e. The normalized spacial score (nSPS) is 10.8. The maximum absolute atomic E-state index is 12.7. The first-order valence-electron chi connectivity index (χ1n) is 10.2. The second kappa shape index (κ2) is 10.2. The summed E-state index contributed by atoms with van der Waals surface area (Å²) < 4.78 is 0. The molecule has 1 heterocycles. The molecule has 0 aliphatic rings. The largest absolute Gasteiger partial charge is 0.457 e. The van der Waals surface area contributed by atoms with Gasteiger partial charge in [0.1, 0.15) is 0 Å². The molecule has 1 aromatic carbocycles. The van der Waals surface area contributed by atoms with Crippen molar-refractivity contribution in [3.8, 4) is 11.1 Å². The van der Waals surface area contributed by atoms with Gasteiger partial charge < -0.3 is 5.73 Å². The third-order valence-electron chi connectivity index (χ3n) is 4.72. The highest BCUT2D eigenvalue weighted by Crippen LogP contribution is 2.38. The quantitative estimate of drug-likeness (QED) is 0.555. The van der Waals surface area contributed by atoms with E-state index < -0.39 is 12.1 Å². The number of carbonyl (C=O) groups is 2.